The van der Waals surface area contributed by atoms with E-state index in [2.05, 4.69) is 53.8 Å². The average molecular weight is 399 g/mol. The molecule has 2 aromatic carbocycles. The van der Waals surface area contributed by atoms with Crippen LogP contribution in [0.2, 0.25) is 5.02 Å². The van der Waals surface area contributed by atoms with Crippen molar-refractivity contribution >= 4 is 39.6 Å². The van der Waals surface area contributed by atoms with E-state index in [-0.39, 0.29) is 0 Å². The highest BCUT2D eigenvalue weighted by atomic mass is 35.5. The Labute approximate surface area is 172 Å². The Hall–Kier alpha value is -2.37. The molecular weight excluding hydrogens is 370 g/mol. The van der Waals surface area contributed by atoms with Gasteiger partial charge in [-0.3, -0.25) is 0 Å². The van der Waals surface area contributed by atoms with E-state index < -0.39 is 0 Å². The van der Waals surface area contributed by atoms with E-state index in [9.17, 15) is 0 Å². The van der Waals surface area contributed by atoms with Gasteiger partial charge >= 0.3 is 0 Å². The van der Waals surface area contributed by atoms with Gasteiger partial charge in [-0.05, 0) is 49.4 Å². The summed E-state index contributed by atoms with van der Waals surface area (Å²) in [4.78, 5) is 2.06. The standard InChI is InChI=1S/C22H29ClN5/c1-16-22(25-24-18-8-10-19(11-9-18)26(2)3)20-15-17(23)7-12-21(20)27(16)13-14-28(4,5)6/h7-12,15H,13-14H2,1-6H3/q+1. The van der Waals surface area contributed by atoms with Crippen molar-refractivity contribution in [3.05, 3.63) is 53.2 Å². The second-order valence-corrected chi connectivity index (χ2v) is 8.81. The second kappa shape index (κ2) is 7.94. The summed E-state index contributed by atoms with van der Waals surface area (Å²) in [6.07, 6.45) is 0. The van der Waals surface area contributed by atoms with Crippen molar-refractivity contribution in [1.82, 2.24) is 4.57 Å². The van der Waals surface area contributed by atoms with E-state index in [4.69, 9.17) is 11.6 Å². The van der Waals surface area contributed by atoms with Crippen LogP contribution in [0.1, 0.15) is 5.69 Å². The van der Waals surface area contributed by atoms with E-state index in [1.807, 2.05) is 50.5 Å². The molecule has 5 nitrogen and oxygen atoms in total. The minimum Gasteiger partial charge on any atom is -0.378 e. The molecule has 28 heavy (non-hydrogen) atoms. The summed E-state index contributed by atoms with van der Waals surface area (Å²) < 4.78 is 3.22. The highest BCUT2D eigenvalue weighted by molar-refractivity contribution is 6.31. The Morgan fingerprint density at radius 1 is 1.00 bits per heavy atom. The zero-order chi connectivity index (χ0) is 20.5. The topological polar surface area (TPSA) is 32.9 Å². The molecule has 3 aromatic rings. The third kappa shape index (κ3) is 4.54. The zero-order valence-electron chi connectivity index (χ0n) is 17.6. The van der Waals surface area contributed by atoms with Gasteiger partial charge < -0.3 is 14.0 Å². The molecule has 1 heterocycles. The fourth-order valence-corrected chi connectivity index (χ4v) is 3.35. The van der Waals surface area contributed by atoms with Gasteiger partial charge in [-0.1, -0.05) is 11.6 Å². The van der Waals surface area contributed by atoms with Crippen LogP contribution in [0.4, 0.5) is 17.1 Å². The molecule has 148 valence electrons. The smallest absolute Gasteiger partial charge is 0.114 e. The third-order valence-electron chi connectivity index (χ3n) is 4.88. The molecule has 6 heteroatoms. The molecule has 0 N–H and O–H groups in total. The van der Waals surface area contributed by atoms with Crippen LogP contribution < -0.4 is 4.90 Å². The van der Waals surface area contributed by atoms with E-state index in [1.165, 1.54) is 0 Å². The molecule has 0 bridgehead atoms. The van der Waals surface area contributed by atoms with Crippen LogP contribution >= 0.6 is 11.6 Å². The molecule has 0 aliphatic heterocycles. The molecule has 0 radical (unpaired) electrons. The van der Waals surface area contributed by atoms with Gasteiger partial charge in [0.05, 0.1) is 45.4 Å². The quantitative estimate of drug-likeness (QED) is 0.382. The van der Waals surface area contributed by atoms with Crippen molar-refractivity contribution in [2.45, 2.75) is 13.5 Å². The second-order valence-electron chi connectivity index (χ2n) is 8.37. The van der Waals surface area contributed by atoms with Gasteiger partial charge in [-0.25, -0.2) is 0 Å². The lowest BCUT2D eigenvalue weighted by Gasteiger charge is -2.24. The molecule has 0 saturated carbocycles. The van der Waals surface area contributed by atoms with Gasteiger partial charge in [0.15, 0.2) is 0 Å². The van der Waals surface area contributed by atoms with Crippen LogP contribution in [0.25, 0.3) is 10.9 Å². The van der Waals surface area contributed by atoms with Gasteiger partial charge in [0.25, 0.3) is 0 Å². The molecular formula is C22H29ClN5+. The van der Waals surface area contributed by atoms with Crippen LogP contribution in [0.5, 0.6) is 0 Å². The van der Waals surface area contributed by atoms with Gasteiger partial charge in [0.2, 0.25) is 0 Å². The molecule has 0 fully saturated rings. The van der Waals surface area contributed by atoms with Crippen molar-refractivity contribution in [3.8, 4) is 0 Å². The van der Waals surface area contributed by atoms with Crippen LogP contribution in [-0.4, -0.2) is 50.8 Å². The van der Waals surface area contributed by atoms with Crippen molar-refractivity contribution in [2.24, 2.45) is 10.2 Å². The number of anilines is 1. The number of fused-ring (bicyclic) bond motifs is 1. The summed E-state index contributed by atoms with van der Waals surface area (Å²) in [5.41, 5.74) is 5.11. The molecule has 3 rings (SSSR count). The summed E-state index contributed by atoms with van der Waals surface area (Å²) in [6.45, 7) is 4.05. The van der Waals surface area contributed by atoms with E-state index in [1.54, 1.807) is 0 Å². The number of benzene rings is 2. The number of nitrogens with zero attached hydrogens (tertiary/aromatic N) is 5. The number of quaternary nitrogens is 1. The summed E-state index contributed by atoms with van der Waals surface area (Å²) in [5.74, 6) is 0. The highest BCUT2D eigenvalue weighted by Gasteiger charge is 2.17. The lowest BCUT2D eigenvalue weighted by Crippen LogP contribution is -2.37. The van der Waals surface area contributed by atoms with E-state index in [0.29, 0.717) is 5.02 Å². The first kappa shape index (κ1) is 20.4. The number of hydrogen-bond acceptors (Lipinski definition) is 3. The number of rotatable bonds is 6. The molecule has 0 amide bonds. The molecule has 0 unspecified atom stereocenters. The fourth-order valence-electron chi connectivity index (χ4n) is 3.18. The maximum absolute atomic E-state index is 6.28. The van der Waals surface area contributed by atoms with E-state index in [0.717, 1.165) is 51.2 Å². The van der Waals surface area contributed by atoms with Gasteiger partial charge in [-0.15, -0.1) is 5.11 Å². The first-order chi connectivity index (χ1) is 13.2. The summed E-state index contributed by atoms with van der Waals surface area (Å²) in [5, 5.41) is 10.9. The maximum Gasteiger partial charge on any atom is 0.114 e. The lowest BCUT2D eigenvalue weighted by molar-refractivity contribution is -0.870. The number of azo groups is 1. The van der Waals surface area contributed by atoms with Crippen molar-refractivity contribution in [2.75, 3.05) is 46.7 Å². The van der Waals surface area contributed by atoms with Crippen LogP contribution in [0.15, 0.2) is 52.7 Å². The number of halogens is 1. The lowest BCUT2D eigenvalue weighted by atomic mass is 10.2. The molecule has 0 saturated heterocycles. The van der Waals surface area contributed by atoms with Crippen LogP contribution in [-0.2, 0) is 6.54 Å². The Morgan fingerprint density at radius 3 is 2.29 bits per heavy atom. The molecule has 0 aliphatic rings. The minimum absolute atomic E-state index is 0.711. The average Bonchev–Trinajstić information content (AvgIpc) is 2.88. The SMILES string of the molecule is Cc1c(N=Nc2ccc(N(C)C)cc2)c2cc(Cl)ccc2n1CC[N+](C)(C)C. The first-order valence-corrected chi connectivity index (χ1v) is 9.81. The Morgan fingerprint density at radius 2 is 1.68 bits per heavy atom. The van der Waals surface area contributed by atoms with Crippen molar-refractivity contribution < 1.29 is 4.48 Å². The number of aromatic nitrogens is 1. The van der Waals surface area contributed by atoms with Gasteiger partial charge in [0, 0.05) is 35.9 Å². The summed E-state index contributed by atoms with van der Waals surface area (Å²) in [7, 11) is 10.7. The Kier molecular flexibility index (Phi) is 5.77. The molecule has 1 aromatic heterocycles. The van der Waals surface area contributed by atoms with E-state index >= 15 is 0 Å². The Bertz CT molecular complexity index is 994. The van der Waals surface area contributed by atoms with Crippen LogP contribution in [0, 0.1) is 6.92 Å². The predicted molar refractivity (Wildman–Crippen MR) is 120 cm³/mol. The summed E-state index contributed by atoms with van der Waals surface area (Å²) in [6, 6.07) is 14.0. The largest absolute Gasteiger partial charge is 0.378 e. The third-order valence-corrected chi connectivity index (χ3v) is 5.11. The first-order valence-electron chi connectivity index (χ1n) is 9.43. The summed E-state index contributed by atoms with van der Waals surface area (Å²) >= 11 is 6.28. The van der Waals surface area contributed by atoms with Gasteiger partial charge in [-0.2, -0.15) is 5.11 Å². The maximum atomic E-state index is 6.28. The monoisotopic (exact) mass is 398 g/mol. The van der Waals surface area contributed by atoms with Gasteiger partial charge in [0.1, 0.15) is 5.69 Å². The molecule has 0 aliphatic carbocycles. The normalized spacial score (nSPS) is 12.2. The molecule has 0 spiro atoms. The number of likely N-dealkylation sites (N-methyl/N-ethyl adjacent to an activating group) is 1. The fraction of sp³-hybridized carbons (Fsp3) is 0.364. The van der Waals surface area contributed by atoms with Crippen LogP contribution in [0.3, 0.4) is 0 Å². The Balaban J connectivity index is 2.00. The molecule has 0 atom stereocenters. The number of hydrogen-bond donors (Lipinski definition) is 0. The van der Waals surface area contributed by atoms with Crippen molar-refractivity contribution in [3.63, 3.8) is 0 Å². The zero-order valence-corrected chi connectivity index (χ0v) is 18.3. The predicted octanol–water partition coefficient (Wildman–Crippen LogP) is 5.79. The van der Waals surface area contributed by atoms with Crippen molar-refractivity contribution in [1.29, 1.82) is 0 Å². The highest BCUT2D eigenvalue weighted by Crippen LogP contribution is 2.36. The minimum atomic E-state index is 0.711.